The Hall–Kier alpha value is -3.52. The van der Waals surface area contributed by atoms with Gasteiger partial charge in [-0.1, -0.05) is 29.8 Å². The highest BCUT2D eigenvalue weighted by Crippen LogP contribution is 2.30. The van der Waals surface area contributed by atoms with Crippen molar-refractivity contribution in [2.75, 3.05) is 47.5 Å². The minimum absolute atomic E-state index is 0.0541. The molecule has 0 saturated carbocycles. The molecule has 36 heavy (non-hydrogen) atoms. The van der Waals surface area contributed by atoms with Crippen LogP contribution in [0.3, 0.4) is 0 Å². The third kappa shape index (κ3) is 5.49. The second kappa shape index (κ2) is 10.6. The standard InChI is InChI=1S/C28H29FN4O2S/c1-19-2-4-20(5-3-19)17-36-18-26-27(34)31-25-16-21(6-11-24(25)30-26)28(35)33-14-12-32(13-15-33)23-9-7-22(29)8-10-23/h2-11,16,26,30H,12-15,17-18H2,1H3,(H,31,34)/t26-/m0/s1. The summed E-state index contributed by atoms with van der Waals surface area (Å²) in [5, 5.41) is 6.30. The number of aryl methyl sites for hydroxylation is 1. The maximum absolute atomic E-state index is 13.2. The summed E-state index contributed by atoms with van der Waals surface area (Å²) in [6.07, 6.45) is 0. The first-order valence-electron chi connectivity index (χ1n) is 12.1. The molecule has 2 aliphatic heterocycles. The fraction of sp³-hybridized carbons (Fsp3) is 0.286. The van der Waals surface area contributed by atoms with Crippen molar-refractivity contribution in [3.8, 4) is 0 Å². The molecule has 186 valence electrons. The summed E-state index contributed by atoms with van der Waals surface area (Å²) < 4.78 is 13.2. The van der Waals surface area contributed by atoms with Crippen molar-refractivity contribution in [1.29, 1.82) is 0 Å². The lowest BCUT2D eigenvalue weighted by atomic mass is 10.1. The molecule has 2 amide bonds. The number of piperazine rings is 1. The molecule has 0 aliphatic carbocycles. The average molecular weight is 505 g/mol. The van der Waals surface area contributed by atoms with Gasteiger partial charge in [0.25, 0.3) is 5.91 Å². The van der Waals surface area contributed by atoms with Crippen molar-refractivity contribution in [1.82, 2.24) is 4.90 Å². The highest BCUT2D eigenvalue weighted by Gasteiger charge is 2.27. The van der Waals surface area contributed by atoms with E-state index in [1.165, 1.54) is 23.3 Å². The number of benzene rings is 3. The number of hydrogen-bond donors (Lipinski definition) is 2. The fourth-order valence-electron chi connectivity index (χ4n) is 4.48. The van der Waals surface area contributed by atoms with Gasteiger partial charge in [-0.15, -0.1) is 0 Å². The van der Waals surface area contributed by atoms with Crippen LogP contribution >= 0.6 is 11.8 Å². The number of carbonyl (C=O) groups excluding carboxylic acids is 2. The topological polar surface area (TPSA) is 64.7 Å². The fourth-order valence-corrected chi connectivity index (χ4v) is 5.49. The number of halogens is 1. The second-order valence-corrected chi connectivity index (χ2v) is 10.2. The van der Waals surface area contributed by atoms with Gasteiger partial charge in [0.1, 0.15) is 11.9 Å². The lowest BCUT2D eigenvalue weighted by Gasteiger charge is -2.36. The van der Waals surface area contributed by atoms with Crippen LogP contribution in [0.25, 0.3) is 0 Å². The van der Waals surface area contributed by atoms with E-state index < -0.39 is 0 Å². The Morgan fingerprint density at radius 2 is 1.69 bits per heavy atom. The maximum atomic E-state index is 13.2. The summed E-state index contributed by atoms with van der Waals surface area (Å²) >= 11 is 1.72. The molecule has 1 fully saturated rings. The monoisotopic (exact) mass is 504 g/mol. The summed E-state index contributed by atoms with van der Waals surface area (Å²) in [6, 6.07) is 20.0. The van der Waals surface area contributed by atoms with Crippen LogP contribution in [-0.4, -0.2) is 54.7 Å². The Morgan fingerprint density at radius 3 is 2.42 bits per heavy atom. The molecule has 0 spiro atoms. The highest BCUT2D eigenvalue weighted by atomic mass is 32.2. The molecule has 8 heteroatoms. The van der Waals surface area contributed by atoms with Gasteiger partial charge in [-0.25, -0.2) is 4.39 Å². The molecular weight excluding hydrogens is 475 g/mol. The second-order valence-electron chi connectivity index (χ2n) is 9.20. The van der Waals surface area contributed by atoms with Gasteiger partial charge in [0.05, 0.1) is 11.4 Å². The first kappa shape index (κ1) is 24.2. The normalized spacial score (nSPS) is 17.3. The molecule has 2 N–H and O–H groups in total. The van der Waals surface area contributed by atoms with Gasteiger partial charge in [-0.05, 0) is 55.0 Å². The molecule has 0 bridgehead atoms. The Balaban J connectivity index is 1.16. The predicted octanol–water partition coefficient (Wildman–Crippen LogP) is 4.76. The van der Waals surface area contributed by atoms with Crippen LogP contribution in [0, 0.1) is 12.7 Å². The highest BCUT2D eigenvalue weighted by molar-refractivity contribution is 7.98. The van der Waals surface area contributed by atoms with Crippen molar-refractivity contribution in [3.05, 3.63) is 89.2 Å². The van der Waals surface area contributed by atoms with Gasteiger partial charge in [-0.2, -0.15) is 11.8 Å². The lowest BCUT2D eigenvalue weighted by molar-refractivity contribution is -0.116. The minimum Gasteiger partial charge on any atom is -0.371 e. The van der Waals surface area contributed by atoms with Crippen molar-refractivity contribution >= 4 is 40.6 Å². The molecular formula is C28H29FN4O2S. The van der Waals surface area contributed by atoms with E-state index in [1.54, 1.807) is 30.0 Å². The number of nitrogens with one attached hydrogen (secondary N) is 2. The SMILES string of the molecule is Cc1ccc(CSC[C@@H]2Nc3ccc(C(=O)N4CCN(c5ccc(F)cc5)CC4)cc3NC2=O)cc1. The van der Waals surface area contributed by atoms with Crippen molar-refractivity contribution < 1.29 is 14.0 Å². The van der Waals surface area contributed by atoms with Crippen molar-refractivity contribution in [2.45, 2.75) is 18.7 Å². The van der Waals surface area contributed by atoms with E-state index in [1.807, 2.05) is 17.0 Å². The van der Waals surface area contributed by atoms with E-state index in [9.17, 15) is 14.0 Å². The number of carbonyl (C=O) groups is 2. The molecule has 1 atom stereocenters. The van der Waals surface area contributed by atoms with E-state index in [2.05, 4.69) is 46.7 Å². The van der Waals surface area contributed by atoms with Gasteiger partial charge < -0.3 is 20.4 Å². The smallest absolute Gasteiger partial charge is 0.254 e. The summed E-state index contributed by atoms with van der Waals surface area (Å²) in [5.74, 6) is 1.10. The first-order valence-corrected chi connectivity index (χ1v) is 13.3. The third-order valence-corrected chi connectivity index (χ3v) is 7.71. The molecule has 0 radical (unpaired) electrons. The quantitative estimate of drug-likeness (QED) is 0.507. The predicted molar refractivity (Wildman–Crippen MR) is 144 cm³/mol. The number of fused-ring (bicyclic) bond motifs is 1. The summed E-state index contributed by atoms with van der Waals surface area (Å²) in [7, 11) is 0. The molecule has 3 aromatic carbocycles. The molecule has 6 nitrogen and oxygen atoms in total. The van der Waals surface area contributed by atoms with Crippen LogP contribution in [0.5, 0.6) is 0 Å². The van der Waals surface area contributed by atoms with E-state index >= 15 is 0 Å². The van der Waals surface area contributed by atoms with E-state index in [-0.39, 0.29) is 23.7 Å². The molecule has 2 heterocycles. The Morgan fingerprint density at radius 1 is 0.972 bits per heavy atom. The number of anilines is 3. The number of nitrogens with zero attached hydrogens (tertiary/aromatic N) is 2. The van der Waals surface area contributed by atoms with Crippen LogP contribution in [0.15, 0.2) is 66.7 Å². The Bertz CT molecular complexity index is 1240. The van der Waals surface area contributed by atoms with Crippen LogP contribution in [0.2, 0.25) is 0 Å². The summed E-state index contributed by atoms with van der Waals surface area (Å²) in [6.45, 7) is 4.60. The molecule has 3 aromatic rings. The summed E-state index contributed by atoms with van der Waals surface area (Å²) in [5.41, 5.74) is 5.45. The molecule has 1 saturated heterocycles. The number of thioether (sulfide) groups is 1. The van der Waals surface area contributed by atoms with Gasteiger partial charge in [-0.3, -0.25) is 9.59 Å². The Labute approximate surface area is 214 Å². The van der Waals surface area contributed by atoms with E-state index in [4.69, 9.17) is 0 Å². The molecule has 0 unspecified atom stereocenters. The van der Waals surface area contributed by atoms with Crippen LogP contribution in [0.4, 0.5) is 21.5 Å². The average Bonchev–Trinajstić information content (AvgIpc) is 2.90. The molecule has 2 aliphatic rings. The lowest BCUT2D eigenvalue weighted by Crippen LogP contribution is -2.48. The van der Waals surface area contributed by atoms with Crippen molar-refractivity contribution in [2.24, 2.45) is 0 Å². The zero-order chi connectivity index (χ0) is 25.1. The van der Waals surface area contributed by atoms with Crippen LogP contribution in [0.1, 0.15) is 21.5 Å². The Kier molecular flexibility index (Phi) is 7.13. The minimum atomic E-state index is -0.325. The molecule has 5 rings (SSSR count). The van der Waals surface area contributed by atoms with Crippen LogP contribution in [-0.2, 0) is 10.5 Å². The van der Waals surface area contributed by atoms with E-state index in [0.717, 1.165) is 17.1 Å². The number of hydrogen-bond acceptors (Lipinski definition) is 5. The van der Waals surface area contributed by atoms with Gasteiger partial charge in [0, 0.05) is 48.9 Å². The number of amides is 2. The van der Waals surface area contributed by atoms with Gasteiger partial charge >= 0.3 is 0 Å². The largest absolute Gasteiger partial charge is 0.371 e. The zero-order valence-corrected chi connectivity index (χ0v) is 21.0. The maximum Gasteiger partial charge on any atom is 0.254 e. The van der Waals surface area contributed by atoms with Gasteiger partial charge in [0.2, 0.25) is 5.91 Å². The van der Waals surface area contributed by atoms with Crippen molar-refractivity contribution in [3.63, 3.8) is 0 Å². The zero-order valence-electron chi connectivity index (χ0n) is 20.2. The molecule has 0 aromatic heterocycles. The van der Waals surface area contributed by atoms with Crippen LogP contribution < -0.4 is 15.5 Å². The van der Waals surface area contributed by atoms with E-state index in [0.29, 0.717) is 43.2 Å². The third-order valence-electron chi connectivity index (χ3n) is 6.60. The number of rotatable bonds is 6. The van der Waals surface area contributed by atoms with Gasteiger partial charge in [0.15, 0.2) is 0 Å². The first-order chi connectivity index (χ1) is 17.5. The summed E-state index contributed by atoms with van der Waals surface area (Å²) in [4.78, 5) is 29.8.